The van der Waals surface area contributed by atoms with Gasteiger partial charge >= 0.3 is 6.36 Å². The number of ether oxygens (including phenoxy) is 1. The number of amides is 4. The second kappa shape index (κ2) is 11.1. The molecule has 0 aromatic heterocycles. The van der Waals surface area contributed by atoms with Gasteiger partial charge in [0, 0.05) is 11.5 Å². The second-order valence-corrected chi connectivity index (χ2v) is 13.5. The molecule has 2 saturated heterocycles. The van der Waals surface area contributed by atoms with Crippen molar-refractivity contribution in [2.75, 3.05) is 4.90 Å². The summed E-state index contributed by atoms with van der Waals surface area (Å²) in [6, 6.07) is 15.8. The average molecular weight is 703 g/mol. The van der Waals surface area contributed by atoms with E-state index in [1.54, 1.807) is 36.4 Å². The summed E-state index contributed by atoms with van der Waals surface area (Å²) in [6.45, 7) is -0.0180. The van der Waals surface area contributed by atoms with E-state index in [-0.39, 0.29) is 29.8 Å². The lowest BCUT2D eigenvalue weighted by molar-refractivity contribution is -0.274. The average Bonchev–Trinajstić information content (AvgIpc) is 3.36. The Morgan fingerprint density at radius 1 is 0.896 bits per heavy atom. The maximum atomic E-state index is 14.4. The van der Waals surface area contributed by atoms with E-state index < -0.39 is 87.1 Å². The van der Waals surface area contributed by atoms with Gasteiger partial charge in [-0.25, -0.2) is 9.29 Å². The highest BCUT2D eigenvalue weighted by atomic mass is 35.5. The standard InChI is InChI=1S/C34H24Cl2F4N2O6/c35-32-15-24-21(11-12-22-26(24)29(45)41(28(22)44)16-17-4-2-1-3-5-17)27(23-14-20(10-13-25(23)43)48-34(38,39)40)33(32,36)31(47)42(30(32)46)19-8-6-18(37)7-9-19/h1-11,13-14,22,24,26-27,43H,12,15-16H2/t22-,24+,26-,27+,32+,33-/m0/s1. The number of rotatable bonds is 5. The van der Waals surface area contributed by atoms with Gasteiger partial charge in [-0.3, -0.25) is 24.1 Å². The monoisotopic (exact) mass is 702 g/mol. The second-order valence-electron chi connectivity index (χ2n) is 12.3. The number of benzene rings is 3. The molecule has 0 unspecified atom stereocenters. The number of nitrogens with zero attached hydrogens (tertiary/aromatic N) is 2. The third-order valence-corrected chi connectivity index (χ3v) is 11.1. The Bertz CT molecular complexity index is 1910. The summed E-state index contributed by atoms with van der Waals surface area (Å²) in [6.07, 6.45) is -3.92. The fraction of sp³-hybridized carbons (Fsp3) is 0.294. The lowest BCUT2D eigenvalue weighted by Crippen LogP contribution is -2.60. The molecule has 248 valence electrons. The van der Waals surface area contributed by atoms with Crippen molar-refractivity contribution in [2.45, 2.75) is 41.4 Å². The van der Waals surface area contributed by atoms with Gasteiger partial charge in [0.05, 0.1) is 24.1 Å². The summed E-state index contributed by atoms with van der Waals surface area (Å²) in [5, 5.41) is 11.1. The summed E-state index contributed by atoms with van der Waals surface area (Å²) < 4.78 is 57.8. The number of imide groups is 2. The predicted molar refractivity (Wildman–Crippen MR) is 163 cm³/mol. The van der Waals surface area contributed by atoms with Gasteiger partial charge in [-0.1, -0.05) is 42.0 Å². The van der Waals surface area contributed by atoms with Crippen LogP contribution in [0.1, 0.15) is 29.9 Å². The Hall–Kier alpha value is -4.42. The van der Waals surface area contributed by atoms with Crippen LogP contribution in [0.15, 0.2) is 84.4 Å². The molecule has 1 saturated carbocycles. The molecule has 0 spiro atoms. The third kappa shape index (κ3) is 4.71. The number of fused-ring (bicyclic) bond motifs is 4. The van der Waals surface area contributed by atoms with E-state index in [4.69, 9.17) is 23.2 Å². The van der Waals surface area contributed by atoms with Crippen LogP contribution in [-0.4, -0.2) is 49.7 Å². The van der Waals surface area contributed by atoms with Gasteiger partial charge in [-0.2, -0.15) is 0 Å². The molecule has 8 nitrogen and oxygen atoms in total. The fourth-order valence-corrected chi connectivity index (χ4v) is 8.62. The molecule has 4 aliphatic rings. The van der Waals surface area contributed by atoms with E-state index in [0.717, 1.165) is 47.4 Å². The van der Waals surface area contributed by atoms with E-state index in [9.17, 15) is 41.8 Å². The van der Waals surface area contributed by atoms with Gasteiger partial charge in [-0.05, 0) is 66.8 Å². The van der Waals surface area contributed by atoms with Crippen molar-refractivity contribution >= 4 is 52.5 Å². The van der Waals surface area contributed by atoms with E-state index in [1.165, 1.54) is 0 Å². The molecule has 6 atom stereocenters. The zero-order valence-corrected chi connectivity index (χ0v) is 26.1. The molecule has 2 aliphatic carbocycles. The van der Waals surface area contributed by atoms with Crippen LogP contribution in [0.3, 0.4) is 0 Å². The molecule has 48 heavy (non-hydrogen) atoms. The number of allylic oxidation sites excluding steroid dienone is 2. The van der Waals surface area contributed by atoms with Gasteiger partial charge in [-0.15, -0.1) is 36.4 Å². The summed E-state index contributed by atoms with van der Waals surface area (Å²) in [5.41, 5.74) is 0.561. The van der Waals surface area contributed by atoms with Gasteiger partial charge in [0.25, 0.3) is 11.8 Å². The van der Waals surface area contributed by atoms with Gasteiger partial charge < -0.3 is 9.84 Å². The van der Waals surface area contributed by atoms with Crippen molar-refractivity contribution < 1.29 is 46.6 Å². The molecule has 0 bridgehead atoms. The van der Waals surface area contributed by atoms with Crippen molar-refractivity contribution in [2.24, 2.45) is 17.8 Å². The minimum atomic E-state index is -5.12. The lowest BCUT2D eigenvalue weighted by Gasteiger charge is -2.50. The number of phenolic OH excluding ortho intramolecular Hbond substituents is 1. The zero-order chi connectivity index (χ0) is 34.3. The van der Waals surface area contributed by atoms with Crippen LogP contribution < -0.4 is 9.64 Å². The van der Waals surface area contributed by atoms with Crippen LogP contribution in [0, 0.1) is 23.6 Å². The van der Waals surface area contributed by atoms with Crippen molar-refractivity contribution in [1.82, 2.24) is 4.90 Å². The molecule has 2 aliphatic heterocycles. The Morgan fingerprint density at radius 3 is 2.25 bits per heavy atom. The number of hydrogen-bond donors (Lipinski definition) is 1. The first-order valence-electron chi connectivity index (χ1n) is 14.9. The molecule has 7 rings (SSSR count). The molecular formula is C34H24Cl2F4N2O6. The Morgan fingerprint density at radius 2 is 1.58 bits per heavy atom. The van der Waals surface area contributed by atoms with Gasteiger partial charge in [0.15, 0.2) is 9.75 Å². The quantitative estimate of drug-likeness (QED) is 0.147. The van der Waals surface area contributed by atoms with Crippen LogP contribution in [0.2, 0.25) is 0 Å². The number of halogens is 6. The maximum Gasteiger partial charge on any atom is 0.573 e. The summed E-state index contributed by atoms with van der Waals surface area (Å²) in [4.78, 5) is 53.4. The third-order valence-electron chi connectivity index (χ3n) is 9.71. The zero-order valence-electron chi connectivity index (χ0n) is 24.6. The van der Waals surface area contributed by atoms with Gasteiger partial charge in [0.2, 0.25) is 11.8 Å². The molecule has 1 N–H and O–H groups in total. The van der Waals surface area contributed by atoms with E-state index >= 15 is 0 Å². The summed E-state index contributed by atoms with van der Waals surface area (Å²) in [7, 11) is 0. The highest BCUT2D eigenvalue weighted by molar-refractivity contribution is 6.58. The Labute approximate surface area is 280 Å². The van der Waals surface area contributed by atoms with Crippen molar-refractivity contribution in [3.63, 3.8) is 0 Å². The van der Waals surface area contributed by atoms with Crippen molar-refractivity contribution in [3.8, 4) is 11.5 Å². The molecule has 3 aromatic carbocycles. The number of anilines is 1. The molecule has 0 radical (unpaired) electrons. The first kappa shape index (κ1) is 32.1. The molecular weight excluding hydrogens is 679 g/mol. The Balaban J connectivity index is 1.39. The SMILES string of the molecule is O=C1[C@H]2[C@H](CC=C3[C@H]2C[C@@]2(Cl)C(=O)N(c4ccc(F)cc4)C(=O)[C@@]2(Cl)[C@H]3c2cc(OC(F)(F)F)ccc2O)C(=O)N1Cc1ccccc1. The first-order valence-corrected chi connectivity index (χ1v) is 15.6. The van der Waals surface area contributed by atoms with Crippen LogP contribution in [-0.2, 0) is 25.7 Å². The number of alkyl halides is 5. The number of phenols is 1. The fourth-order valence-electron chi connectivity index (χ4n) is 7.69. The van der Waals surface area contributed by atoms with Crippen LogP contribution in [0.25, 0.3) is 0 Å². The minimum absolute atomic E-state index is 0.00837. The number of aromatic hydroxyl groups is 1. The highest BCUT2D eigenvalue weighted by Gasteiger charge is 2.77. The van der Waals surface area contributed by atoms with E-state index in [2.05, 4.69) is 4.74 Å². The van der Waals surface area contributed by atoms with Crippen LogP contribution in [0.5, 0.6) is 11.5 Å². The van der Waals surface area contributed by atoms with E-state index in [1.807, 2.05) is 0 Å². The number of carbonyl (C=O) groups excluding carboxylic acids is 4. The molecule has 3 fully saturated rings. The van der Waals surface area contributed by atoms with Gasteiger partial charge in [0.1, 0.15) is 17.3 Å². The van der Waals surface area contributed by atoms with E-state index in [0.29, 0.717) is 10.5 Å². The minimum Gasteiger partial charge on any atom is -0.508 e. The summed E-state index contributed by atoms with van der Waals surface area (Å²) >= 11 is 14.5. The summed E-state index contributed by atoms with van der Waals surface area (Å²) in [5.74, 6) is -9.54. The highest BCUT2D eigenvalue weighted by Crippen LogP contribution is 2.66. The van der Waals surface area contributed by atoms with Crippen molar-refractivity contribution in [1.29, 1.82) is 0 Å². The predicted octanol–water partition coefficient (Wildman–Crippen LogP) is 6.19. The smallest absolute Gasteiger partial charge is 0.508 e. The number of likely N-dealkylation sites (tertiary alicyclic amines) is 1. The largest absolute Gasteiger partial charge is 0.573 e. The normalized spacial score (nSPS) is 29.8. The first-order chi connectivity index (χ1) is 22.7. The lowest BCUT2D eigenvalue weighted by atomic mass is 9.56. The molecule has 3 aromatic rings. The number of hydrogen-bond acceptors (Lipinski definition) is 6. The maximum absolute atomic E-state index is 14.4. The molecule has 4 amide bonds. The van der Waals surface area contributed by atoms with Crippen LogP contribution in [0.4, 0.5) is 23.2 Å². The molecule has 2 heterocycles. The van der Waals surface area contributed by atoms with Crippen molar-refractivity contribution in [3.05, 3.63) is 101 Å². The molecule has 14 heteroatoms. The van der Waals surface area contributed by atoms with Crippen LogP contribution >= 0.6 is 23.2 Å². The number of carbonyl (C=O) groups is 4. The topological polar surface area (TPSA) is 104 Å². The Kier molecular flexibility index (Phi) is 7.41.